The lowest BCUT2D eigenvalue weighted by atomic mass is 9.90. The van der Waals surface area contributed by atoms with Gasteiger partial charge in [-0.05, 0) is 29.9 Å². The zero-order chi connectivity index (χ0) is 12.3. The fourth-order valence-corrected chi connectivity index (χ4v) is 2.09. The maximum atomic E-state index is 9.77. The van der Waals surface area contributed by atoms with Gasteiger partial charge in [0.1, 0.15) is 0 Å². The Morgan fingerprint density at radius 1 is 1.19 bits per heavy atom. The van der Waals surface area contributed by atoms with Crippen LogP contribution in [0.4, 0.5) is 0 Å². The molecule has 0 aliphatic carbocycles. The van der Waals surface area contributed by atoms with Crippen molar-refractivity contribution in [2.75, 3.05) is 7.11 Å². The summed E-state index contributed by atoms with van der Waals surface area (Å²) < 4.78 is 5.31. The molecule has 2 nitrogen and oxygen atoms in total. The van der Waals surface area contributed by atoms with Gasteiger partial charge in [0.2, 0.25) is 0 Å². The highest BCUT2D eigenvalue weighted by Crippen LogP contribution is 2.38. The number of aromatic hydroxyl groups is 1. The summed E-state index contributed by atoms with van der Waals surface area (Å²) >= 11 is 0. The predicted octanol–water partition coefficient (Wildman–Crippen LogP) is 3.72. The zero-order valence-electron chi connectivity index (χ0n) is 10.9. The summed E-state index contributed by atoms with van der Waals surface area (Å²) in [5.41, 5.74) is 2.41. The van der Waals surface area contributed by atoms with E-state index in [4.69, 9.17) is 4.74 Å². The zero-order valence-corrected chi connectivity index (χ0v) is 10.9. The van der Waals surface area contributed by atoms with Gasteiger partial charge in [-0.25, -0.2) is 0 Å². The third-order valence-electron chi connectivity index (χ3n) is 2.68. The number of phenols is 1. The molecular formula is C14H22O2. The number of ether oxygens (including phenoxy) is 1. The predicted molar refractivity (Wildman–Crippen MR) is 67.3 cm³/mol. The standard InChI is InChI=1S/C14H22O2/c1-9(2)8-11-6-7-12(15)14(16-5)13(11)10(3)4/h6-7,9-10,15H,8H2,1-5H3. The van der Waals surface area contributed by atoms with E-state index in [1.54, 1.807) is 13.2 Å². The average Bonchev–Trinajstić information content (AvgIpc) is 2.18. The van der Waals surface area contributed by atoms with E-state index in [-0.39, 0.29) is 5.75 Å². The Morgan fingerprint density at radius 3 is 2.25 bits per heavy atom. The molecule has 1 N–H and O–H groups in total. The van der Waals surface area contributed by atoms with Gasteiger partial charge in [-0.3, -0.25) is 0 Å². The molecular weight excluding hydrogens is 200 g/mol. The molecule has 16 heavy (non-hydrogen) atoms. The maximum Gasteiger partial charge on any atom is 0.164 e. The van der Waals surface area contributed by atoms with Gasteiger partial charge >= 0.3 is 0 Å². The SMILES string of the molecule is COc1c(O)ccc(CC(C)C)c1C(C)C. The first-order valence-corrected chi connectivity index (χ1v) is 5.86. The van der Waals surface area contributed by atoms with Crippen molar-refractivity contribution in [3.05, 3.63) is 23.3 Å². The molecule has 0 unspecified atom stereocenters. The van der Waals surface area contributed by atoms with Crippen molar-refractivity contribution in [3.8, 4) is 11.5 Å². The molecule has 0 atom stereocenters. The lowest BCUT2D eigenvalue weighted by molar-refractivity contribution is 0.366. The Bertz CT molecular complexity index is 354. The van der Waals surface area contributed by atoms with E-state index >= 15 is 0 Å². The molecule has 2 heteroatoms. The number of hydrogen-bond acceptors (Lipinski definition) is 2. The van der Waals surface area contributed by atoms with Crippen molar-refractivity contribution in [3.63, 3.8) is 0 Å². The monoisotopic (exact) mass is 222 g/mol. The van der Waals surface area contributed by atoms with Crippen LogP contribution < -0.4 is 4.74 Å². The number of rotatable bonds is 4. The number of methoxy groups -OCH3 is 1. The first-order chi connectivity index (χ1) is 7.47. The van der Waals surface area contributed by atoms with Crippen molar-refractivity contribution >= 4 is 0 Å². The highest BCUT2D eigenvalue weighted by Gasteiger charge is 2.17. The van der Waals surface area contributed by atoms with Crippen molar-refractivity contribution in [2.45, 2.75) is 40.0 Å². The van der Waals surface area contributed by atoms with Crippen molar-refractivity contribution in [2.24, 2.45) is 5.92 Å². The molecule has 0 saturated carbocycles. The smallest absolute Gasteiger partial charge is 0.164 e. The minimum absolute atomic E-state index is 0.235. The van der Waals surface area contributed by atoms with E-state index in [1.807, 2.05) is 6.07 Å². The van der Waals surface area contributed by atoms with Crippen LogP contribution in [-0.4, -0.2) is 12.2 Å². The molecule has 0 aliphatic rings. The van der Waals surface area contributed by atoms with Gasteiger partial charge in [0, 0.05) is 5.56 Å². The molecule has 0 aromatic heterocycles. The second-order valence-electron chi connectivity index (χ2n) is 4.94. The summed E-state index contributed by atoms with van der Waals surface area (Å²) in [6.07, 6.45) is 1.02. The van der Waals surface area contributed by atoms with E-state index < -0.39 is 0 Å². The van der Waals surface area contributed by atoms with Crippen molar-refractivity contribution < 1.29 is 9.84 Å². The summed E-state index contributed by atoms with van der Waals surface area (Å²) in [4.78, 5) is 0. The fraction of sp³-hybridized carbons (Fsp3) is 0.571. The van der Waals surface area contributed by atoms with Crippen LogP contribution in [0.2, 0.25) is 0 Å². The third-order valence-corrected chi connectivity index (χ3v) is 2.68. The highest BCUT2D eigenvalue weighted by atomic mass is 16.5. The van der Waals surface area contributed by atoms with Gasteiger partial charge in [0.05, 0.1) is 7.11 Å². The average molecular weight is 222 g/mol. The quantitative estimate of drug-likeness (QED) is 0.841. The van der Waals surface area contributed by atoms with Gasteiger partial charge in [0.15, 0.2) is 11.5 Å². The summed E-state index contributed by atoms with van der Waals surface area (Å²) in [6.45, 7) is 8.65. The lowest BCUT2D eigenvalue weighted by Gasteiger charge is -2.19. The third kappa shape index (κ3) is 2.69. The van der Waals surface area contributed by atoms with Crippen LogP contribution in [0.3, 0.4) is 0 Å². The van der Waals surface area contributed by atoms with Crippen LogP contribution in [0.25, 0.3) is 0 Å². The molecule has 1 aromatic rings. The first kappa shape index (κ1) is 12.9. The summed E-state index contributed by atoms with van der Waals surface area (Å²) in [5, 5.41) is 9.77. The maximum absolute atomic E-state index is 9.77. The fourth-order valence-electron chi connectivity index (χ4n) is 2.09. The topological polar surface area (TPSA) is 29.5 Å². The summed E-state index contributed by atoms with van der Waals surface area (Å²) in [5.74, 6) is 1.83. The van der Waals surface area contributed by atoms with Gasteiger partial charge in [0.25, 0.3) is 0 Å². The second kappa shape index (κ2) is 5.24. The molecule has 0 amide bonds. The highest BCUT2D eigenvalue weighted by molar-refractivity contribution is 5.51. The molecule has 1 rings (SSSR count). The van der Waals surface area contributed by atoms with Crippen LogP contribution in [0, 0.1) is 5.92 Å². The molecule has 0 fully saturated rings. The van der Waals surface area contributed by atoms with Gasteiger partial charge < -0.3 is 9.84 Å². The van der Waals surface area contributed by atoms with Crippen molar-refractivity contribution in [1.82, 2.24) is 0 Å². The molecule has 0 bridgehead atoms. The Balaban J connectivity index is 3.27. The molecule has 0 saturated heterocycles. The van der Waals surface area contributed by atoms with Gasteiger partial charge in [-0.2, -0.15) is 0 Å². The largest absolute Gasteiger partial charge is 0.504 e. The normalized spacial score (nSPS) is 11.2. The van der Waals surface area contributed by atoms with E-state index in [0.29, 0.717) is 17.6 Å². The van der Waals surface area contributed by atoms with E-state index in [1.165, 1.54) is 5.56 Å². The lowest BCUT2D eigenvalue weighted by Crippen LogP contribution is -2.04. The molecule has 0 radical (unpaired) electrons. The molecule has 0 heterocycles. The van der Waals surface area contributed by atoms with E-state index in [2.05, 4.69) is 27.7 Å². The van der Waals surface area contributed by atoms with Gasteiger partial charge in [-0.1, -0.05) is 33.8 Å². The van der Waals surface area contributed by atoms with Crippen LogP contribution in [0.5, 0.6) is 11.5 Å². The Kier molecular flexibility index (Phi) is 4.22. The van der Waals surface area contributed by atoms with Gasteiger partial charge in [-0.15, -0.1) is 0 Å². The van der Waals surface area contributed by atoms with Crippen molar-refractivity contribution in [1.29, 1.82) is 0 Å². The van der Waals surface area contributed by atoms with E-state index in [0.717, 1.165) is 12.0 Å². The number of hydrogen-bond donors (Lipinski definition) is 1. The Morgan fingerprint density at radius 2 is 1.81 bits per heavy atom. The Labute approximate surface area is 98.3 Å². The minimum atomic E-state index is 0.235. The second-order valence-corrected chi connectivity index (χ2v) is 4.94. The molecule has 1 aromatic carbocycles. The van der Waals surface area contributed by atoms with Crippen LogP contribution in [0.1, 0.15) is 44.7 Å². The number of benzene rings is 1. The summed E-state index contributed by atoms with van der Waals surface area (Å²) in [7, 11) is 1.61. The molecule has 90 valence electrons. The Hall–Kier alpha value is -1.18. The first-order valence-electron chi connectivity index (χ1n) is 5.86. The number of phenolic OH excluding ortho intramolecular Hbond substituents is 1. The van der Waals surface area contributed by atoms with Crippen LogP contribution in [-0.2, 0) is 6.42 Å². The minimum Gasteiger partial charge on any atom is -0.504 e. The summed E-state index contributed by atoms with van der Waals surface area (Å²) in [6, 6.07) is 3.73. The van der Waals surface area contributed by atoms with Crippen LogP contribution >= 0.6 is 0 Å². The molecule has 0 aliphatic heterocycles. The molecule has 0 spiro atoms. The van der Waals surface area contributed by atoms with Crippen LogP contribution in [0.15, 0.2) is 12.1 Å². The van der Waals surface area contributed by atoms with E-state index in [9.17, 15) is 5.11 Å².